The van der Waals surface area contributed by atoms with E-state index >= 15 is 0 Å². The average Bonchev–Trinajstić information content (AvgIpc) is 2.38. The standard InChI is InChI=1S/C15H27N3O/c1-5-16-15-7-6-14(10-17-15)12-18(8-9-19-4)11-13(2)3/h6-7,10,13H,5,8-9,11-12H2,1-4H3,(H,16,17). The second-order valence-corrected chi connectivity index (χ2v) is 5.20. The van der Waals surface area contributed by atoms with E-state index < -0.39 is 0 Å². The third-order valence-electron chi connectivity index (χ3n) is 2.82. The fraction of sp³-hybridized carbons (Fsp3) is 0.667. The highest BCUT2D eigenvalue weighted by atomic mass is 16.5. The van der Waals surface area contributed by atoms with Crippen molar-refractivity contribution in [1.29, 1.82) is 0 Å². The summed E-state index contributed by atoms with van der Waals surface area (Å²) in [4.78, 5) is 6.83. The van der Waals surface area contributed by atoms with Gasteiger partial charge in [-0.15, -0.1) is 0 Å². The Hall–Kier alpha value is -1.13. The Balaban J connectivity index is 2.56. The predicted octanol–water partition coefficient (Wildman–Crippen LogP) is 2.62. The van der Waals surface area contributed by atoms with Crippen LogP contribution in [0.2, 0.25) is 0 Å². The van der Waals surface area contributed by atoms with Crippen molar-refractivity contribution in [2.24, 2.45) is 5.92 Å². The Kier molecular flexibility index (Phi) is 7.45. The van der Waals surface area contributed by atoms with Crippen LogP contribution in [0.5, 0.6) is 0 Å². The molecule has 0 fully saturated rings. The van der Waals surface area contributed by atoms with Gasteiger partial charge in [-0.05, 0) is 24.5 Å². The van der Waals surface area contributed by atoms with Gasteiger partial charge in [0.05, 0.1) is 6.61 Å². The summed E-state index contributed by atoms with van der Waals surface area (Å²) in [6.45, 7) is 11.2. The fourth-order valence-electron chi connectivity index (χ4n) is 2.03. The number of hydrogen-bond donors (Lipinski definition) is 1. The molecule has 19 heavy (non-hydrogen) atoms. The van der Waals surface area contributed by atoms with E-state index in [1.54, 1.807) is 7.11 Å². The first-order valence-electron chi connectivity index (χ1n) is 7.05. The molecule has 0 saturated heterocycles. The Morgan fingerprint density at radius 3 is 2.68 bits per heavy atom. The van der Waals surface area contributed by atoms with Crippen molar-refractivity contribution >= 4 is 5.82 Å². The lowest BCUT2D eigenvalue weighted by Crippen LogP contribution is -2.30. The van der Waals surface area contributed by atoms with E-state index in [1.165, 1.54) is 5.56 Å². The van der Waals surface area contributed by atoms with Gasteiger partial charge in [0.25, 0.3) is 0 Å². The molecule has 1 N–H and O–H groups in total. The second kappa shape index (κ2) is 8.88. The van der Waals surface area contributed by atoms with E-state index in [-0.39, 0.29) is 0 Å². The molecule has 0 saturated carbocycles. The molecular formula is C15H27N3O. The number of methoxy groups -OCH3 is 1. The number of ether oxygens (including phenoxy) is 1. The van der Waals surface area contributed by atoms with Crippen LogP contribution in [0.15, 0.2) is 18.3 Å². The summed E-state index contributed by atoms with van der Waals surface area (Å²) >= 11 is 0. The molecule has 0 aliphatic heterocycles. The topological polar surface area (TPSA) is 37.4 Å². The van der Waals surface area contributed by atoms with Gasteiger partial charge in [-0.1, -0.05) is 19.9 Å². The summed E-state index contributed by atoms with van der Waals surface area (Å²) in [6, 6.07) is 4.19. The molecule has 0 radical (unpaired) electrons. The summed E-state index contributed by atoms with van der Waals surface area (Å²) < 4.78 is 5.18. The molecule has 0 aliphatic carbocycles. The van der Waals surface area contributed by atoms with Crippen molar-refractivity contribution in [1.82, 2.24) is 9.88 Å². The van der Waals surface area contributed by atoms with Crippen LogP contribution in [0.4, 0.5) is 5.82 Å². The monoisotopic (exact) mass is 265 g/mol. The van der Waals surface area contributed by atoms with E-state index in [4.69, 9.17) is 4.74 Å². The van der Waals surface area contributed by atoms with E-state index in [0.29, 0.717) is 5.92 Å². The maximum Gasteiger partial charge on any atom is 0.125 e. The minimum absolute atomic E-state index is 0.658. The first-order chi connectivity index (χ1) is 9.15. The van der Waals surface area contributed by atoms with Gasteiger partial charge >= 0.3 is 0 Å². The molecule has 1 rings (SSSR count). The van der Waals surface area contributed by atoms with Gasteiger partial charge in [0.2, 0.25) is 0 Å². The highest BCUT2D eigenvalue weighted by Crippen LogP contribution is 2.09. The van der Waals surface area contributed by atoms with Crippen LogP contribution in [-0.2, 0) is 11.3 Å². The zero-order valence-corrected chi connectivity index (χ0v) is 12.6. The summed E-state index contributed by atoms with van der Waals surface area (Å²) in [5, 5.41) is 3.21. The molecule has 1 aromatic heterocycles. The van der Waals surface area contributed by atoms with Gasteiger partial charge in [0.15, 0.2) is 0 Å². The van der Waals surface area contributed by atoms with Gasteiger partial charge in [-0.25, -0.2) is 4.98 Å². The largest absolute Gasteiger partial charge is 0.383 e. The molecule has 0 aromatic carbocycles. The Morgan fingerprint density at radius 2 is 2.16 bits per heavy atom. The predicted molar refractivity (Wildman–Crippen MR) is 80.4 cm³/mol. The number of nitrogens with one attached hydrogen (secondary N) is 1. The molecule has 0 bridgehead atoms. The Morgan fingerprint density at radius 1 is 1.37 bits per heavy atom. The zero-order valence-electron chi connectivity index (χ0n) is 12.6. The Labute approximate surface area is 117 Å². The van der Waals surface area contributed by atoms with Crippen molar-refractivity contribution < 1.29 is 4.74 Å². The minimum atomic E-state index is 0.658. The van der Waals surface area contributed by atoms with E-state index in [0.717, 1.165) is 38.6 Å². The fourth-order valence-corrected chi connectivity index (χ4v) is 2.03. The molecular weight excluding hydrogens is 238 g/mol. The highest BCUT2D eigenvalue weighted by Gasteiger charge is 2.08. The first-order valence-corrected chi connectivity index (χ1v) is 7.05. The van der Waals surface area contributed by atoms with Crippen LogP contribution in [0, 0.1) is 5.92 Å². The summed E-state index contributed by atoms with van der Waals surface area (Å²) in [6.07, 6.45) is 1.96. The van der Waals surface area contributed by atoms with Gasteiger partial charge in [-0.2, -0.15) is 0 Å². The number of hydrogen-bond acceptors (Lipinski definition) is 4. The van der Waals surface area contributed by atoms with Gasteiger partial charge in [0.1, 0.15) is 5.82 Å². The second-order valence-electron chi connectivity index (χ2n) is 5.20. The van der Waals surface area contributed by atoms with Gasteiger partial charge < -0.3 is 10.1 Å². The van der Waals surface area contributed by atoms with Gasteiger partial charge in [-0.3, -0.25) is 4.90 Å². The number of nitrogens with zero attached hydrogens (tertiary/aromatic N) is 2. The molecule has 0 spiro atoms. The maximum absolute atomic E-state index is 5.18. The molecule has 4 nitrogen and oxygen atoms in total. The lowest BCUT2D eigenvalue weighted by Gasteiger charge is -2.23. The number of pyridine rings is 1. The maximum atomic E-state index is 5.18. The average molecular weight is 265 g/mol. The third-order valence-corrected chi connectivity index (χ3v) is 2.82. The first kappa shape index (κ1) is 15.9. The third kappa shape index (κ3) is 6.55. The van der Waals surface area contributed by atoms with Crippen molar-refractivity contribution in [2.75, 3.05) is 38.7 Å². The molecule has 4 heteroatoms. The summed E-state index contributed by atoms with van der Waals surface area (Å²) in [5.74, 6) is 1.60. The lowest BCUT2D eigenvalue weighted by atomic mass is 10.2. The van der Waals surface area contributed by atoms with Crippen LogP contribution < -0.4 is 5.32 Å². The van der Waals surface area contributed by atoms with E-state index in [9.17, 15) is 0 Å². The summed E-state index contributed by atoms with van der Waals surface area (Å²) in [7, 11) is 1.75. The van der Waals surface area contributed by atoms with E-state index in [1.807, 2.05) is 12.3 Å². The molecule has 0 unspecified atom stereocenters. The molecule has 0 amide bonds. The van der Waals surface area contributed by atoms with Gasteiger partial charge in [0, 0.05) is 39.5 Å². The SMILES string of the molecule is CCNc1ccc(CN(CCOC)CC(C)C)cn1. The van der Waals surface area contributed by atoms with Crippen molar-refractivity contribution in [3.05, 3.63) is 23.9 Å². The molecule has 0 atom stereocenters. The molecule has 1 aromatic rings. The van der Waals surface area contributed by atoms with Crippen molar-refractivity contribution in [3.8, 4) is 0 Å². The van der Waals surface area contributed by atoms with Crippen LogP contribution in [0.3, 0.4) is 0 Å². The summed E-state index contributed by atoms with van der Waals surface area (Å²) in [5.41, 5.74) is 1.25. The zero-order chi connectivity index (χ0) is 14.1. The molecule has 1 heterocycles. The number of rotatable bonds is 9. The van der Waals surface area contributed by atoms with Crippen LogP contribution in [0.25, 0.3) is 0 Å². The minimum Gasteiger partial charge on any atom is -0.383 e. The quantitative estimate of drug-likeness (QED) is 0.745. The molecule has 108 valence electrons. The number of anilines is 1. The highest BCUT2D eigenvalue weighted by molar-refractivity contribution is 5.35. The smallest absolute Gasteiger partial charge is 0.125 e. The van der Waals surface area contributed by atoms with Crippen molar-refractivity contribution in [2.45, 2.75) is 27.3 Å². The normalized spacial score (nSPS) is 11.3. The molecule has 0 aliphatic rings. The van der Waals surface area contributed by atoms with Crippen molar-refractivity contribution in [3.63, 3.8) is 0 Å². The number of aromatic nitrogens is 1. The van der Waals surface area contributed by atoms with Crippen LogP contribution in [0.1, 0.15) is 26.3 Å². The van der Waals surface area contributed by atoms with Crippen LogP contribution >= 0.6 is 0 Å². The van der Waals surface area contributed by atoms with E-state index in [2.05, 4.69) is 42.0 Å². The lowest BCUT2D eigenvalue weighted by molar-refractivity contribution is 0.136. The van der Waals surface area contributed by atoms with Crippen LogP contribution in [-0.4, -0.2) is 43.2 Å². The Bertz CT molecular complexity index is 338.